The van der Waals surface area contributed by atoms with Gasteiger partial charge in [0.05, 0.1) is 42.5 Å². The highest BCUT2D eigenvalue weighted by Gasteiger charge is 2.64. The maximum Gasteiger partial charge on any atom is 0.249 e. The van der Waals surface area contributed by atoms with Crippen LogP contribution in [-0.4, -0.2) is 105 Å². The van der Waals surface area contributed by atoms with E-state index in [1.54, 1.807) is 14.2 Å². The molecule has 2 amide bonds. The van der Waals surface area contributed by atoms with Gasteiger partial charge in [0.1, 0.15) is 12.9 Å². The number of carbonyl (C=O) groups is 2. The third-order valence-corrected chi connectivity index (χ3v) is 11.7. The zero-order valence-electron chi connectivity index (χ0n) is 24.2. The molecule has 0 aromatic heterocycles. The number of hydrogen-bond acceptors (Lipinski definition) is 8. The summed E-state index contributed by atoms with van der Waals surface area (Å²) < 4.78 is 29.4. The Morgan fingerprint density at radius 1 is 0.975 bits per heavy atom. The number of nitrogens with one attached hydrogen (secondary N) is 2. The third kappa shape index (κ3) is 4.52. The quantitative estimate of drug-likeness (QED) is 0.504. The monoisotopic (exact) mass is 561 g/mol. The Kier molecular flexibility index (Phi) is 7.62. The number of rotatable bonds is 6. The molecule has 13 unspecified atom stereocenters. The van der Waals surface area contributed by atoms with Crippen LogP contribution in [0.5, 0.6) is 0 Å². The van der Waals surface area contributed by atoms with Crippen molar-refractivity contribution in [3.8, 4) is 0 Å². The van der Waals surface area contributed by atoms with Crippen LogP contribution in [0.2, 0.25) is 0 Å². The van der Waals surface area contributed by atoms with Gasteiger partial charge in [-0.25, -0.2) is 0 Å². The molecule has 0 radical (unpaired) electrons. The van der Waals surface area contributed by atoms with Crippen LogP contribution < -0.4 is 10.6 Å². The standard InChI is InChI=1S/C30H47N3O7/c1-15(29(34)32-16-4-8-22-24(12-16)39-14-38-22)40-17-5-7-21-20(13-17)18-10-11-31-26-19-6-9-23(36-2)28(37-3)25(19)30(35)33(21)27(18)26/h15-28,31H,4-14H2,1-3H3,(H,32,34)/t15-,16?,17?,18?,19?,20?,21?,22?,23?,24?,25?,26?,27?,28?/m0/s1. The highest BCUT2D eigenvalue weighted by atomic mass is 16.7. The van der Waals surface area contributed by atoms with Gasteiger partial charge in [-0.1, -0.05) is 0 Å². The van der Waals surface area contributed by atoms with Gasteiger partial charge in [0.15, 0.2) is 0 Å². The Morgan fingerprint density at radius 2 is 1.82 bits per heavy atom. The number of fused-ring (bicyclic) bond motifs is 6. The summed E-state index contributed by atoms with van der Waals surface area (Å²) in [5, 5.41) is 7.06. The van der Waals surface area contributed by atoms with Crippen molar-refractivity contribution < 1.29 is 33.3 Å². The van der Waals surface area contributed by atoms with E-state index >= 15 is 0 Å². The number of methoxy groups -OCH3 is 2. The second-order valence-corrected chi connectivity index (χ2v) is 13.4. The Morgan fingerprint density at radius 3 is 2.65 bits per heavy atom. The molecule has 3 aliphatic carbocycles. The largest absolute Gasteiger partial charge is 0.379 e. The molecule has 0 aromatic carbocycles. The minimum Gasteiger partial charge on any atom is -0.379 e. The van der Waals surface area contributed by atoms with E-state index < -0.39 is 6.10 Å². The van der Waals surface area contributed by atoms with E-state index in [0.29, 0.717) is 30.6 Å². The zero-order valence-corrected chi connectivity index (χ0v) is 24.2. The molecule has 40 heavy (non-hydrogen) atoms. The first-order valence-electron chi connectivity index (χ1n) is 15.8. The second kappa shape index (κ2) is 11.1. The zero-order chi connectivity index (χ0) is 27.5. The average Bonchev–Trinajstić information content (AvgIpc) is 3.57. The van der Waals surface area contributed by atoms with E-state index in [0.717, 1.165) is 64.3 Å². The molecule has 0 bridgehead atoms. The fraction of sp³-hybridized carbons (Fsp3) is 0.933. The predicted octanol–water partition coefficient (Wildman–Crippen LogP) is 1.60. The first kappa shape index (κ1) is 27.5. The van der Waals surface area contributed by atoms with Crippen molar-refractivity contribution in [3.05, 3.63) is 0 Å². The van der Waals surface area contributed by atoms with Crippen LogP contribution >= 0.6 is 0 Å². The smallest absolute Gasteiger partial charge is 0.249 e. The molecule has 0 aromatic rings. The lowest BCUT2D eigenvalue weighted by molar-refractivity contribution is -0.175. The van der Waals surface area contributed by atoms with Crippen molar-refractivity contribution in [1.82, 2.24) is 15.5 Å². The molecule has 10 heteroatoms. The van der Waals surface area contributed by atoms with Crippen molar-refractivity contribution in [2.45, 2.75) is 126 Å². The summed E-state index contributed by atoms with van der Waals surface area (Å²) in [5.41, 5.74) is 0. The van der Waals surface area contributed by atoms with Crippen LogP contribution in [0.4, 0.5) is 0 Å². The third-order valence-electron chi connectivity index (χ3n) is 11.7. The SMILES string of the molecule is COC1CCC2C3NCCC4C5CC(O[C@@H](C)C(=O)NC6CCC7OCOC7C6)CCC5N(C(=O)C2C1OC)C43. The lowest BCUT2D eigenvalue weighted by Gasteiger charge is -2.55. The second-order valence-electron chi connectivity index (χ2n) is 13.4. The van der Waals surface area contributed by atoms with E-state index in [1.165, 1.54) is 0 Å². The lowest BCUT2D eigenvalue weighted by atomic mass is 9.64. The fourth-order valence-corrected chi connectivity index (χ4v) is 9.94. The van der Waals surface area contributed by atoms with Crippen LogP contribution in [0.3, 0.4) is 0 Å². The van der Waals surface area contributed by atoms with Crippen LogP contribution in [0.25, 0.3) is 0 Å². The number of hydrogen-bond donors (Lipinski definition) is 2. The number of nitrogens with zero attached hydrogens (tertiary/aromatic N) is 1. The topological polar surface area (TPSA) is 108 Å². The summed E-state index contributed by atoms with van der Waals surface area (Å²) >= 11 is 0. The van der Waals surface area contributed by atoms with Crippen molar-refractivity contribution >= 4 is 11.8 Å². The number of amides is 2. The maximum atomic E-state index is 14.2. The molecule has 224 valence electrons. The summed E-state index contributed by atoms with van der Waals surface area (Å²) in [4.78, 5) is 29.6. The van der Waals surface area contributed by atoms with E-state index in [-0.39, 0.29) is 66.4 Å². The maximum absolute atomic E-state index is 14.2. The van der Waals surface area contributed by atoms with Gasteiger partial charge in [-0.15, -0.1) is 0 Å². The normalized spacial score (nSPS) is 48.5. The molecule has 4 aliphatic heterocycles. The first-order valence-corrected chi connectivity index (χ1v) is 15.8. The molecule has 7 fully saturated rings. The Balaban J connectivity index is 1.01. The van der Waals surface area contributed by atoms with Crippen molar-refractivity contribution in [2.24, 2.45) is 23.7 Å². The van der Waals surface area contributed by atoms with Gasteiger partial charge < -0.3 is 39.2 Å². The summed E-state index contributed by atoms with van der Waals surface area (Å²) in [6.07, 6.45) is 7.97. The van der Waals surface area contributed by atoms with E-state index in [4.69, 9.17) is 23.7 Å². The van der Waals surface area contributed by atoms with Gasteiger partial charge >= 0.3 is 0 Å². The Labute approximate surface area is 237 Å². The van der Waals surface area contributed by atoms with Gasteiger partial charge in [0.2, 0.25) is 11.8 Å². The number of ether oxygens (including phenoxy) is 5. The van der Waals surface area contributed by atoms with Crippen LogP contribution in [0.1, 0.15) is 64.7 Å². The summed E-state index contributed by atoms with van der Waals surface area (Å²) in [6, 6.07) is 0.929. The first-order chi connectivity index (χ1) is 19.5. The molecule has 0 spiro atoms. The number of piperidine rings is 2. The van der Waals surface area contributed by atoms with Gasteiger partial charge in [-0.3, -0.25) is 9.59 Å². The molecule has 10 nitrogen and oxygen atoms in total. The molecule has 3 saturated carbocycles. The van der Waals surface area contributed by atoms with Crippen LogP contribution in [0, 0.1) is 23.7 Å². The van der Waals surface area contributed by atoms with Crippen molar-refractivity contribution in [1.29, 1.82) is 0 Å². The van der Waals surface area contributed by atoms with E-state index in [2.05, 4.69) is 15.5 Å². The summed E-state index contributed by atoms with van der Waals surface area (Å²) in [7, 11) is 3.46. The molecule has 4 heterocycles. The van der Waals surface area contributed by atoms with Gasteiger partial charge in [0.25, 0.3) is 0 Å². The van der Waals surface area contributed by atoms with Gasteiger partial charge in [0, 0.05) is 32.3 Å². The van der Waals surface area contributed by atoms with E-state index in [9.17, 15) is 9.59 Å². The average molecular weight is 562 g/mol. The predicted molar refractivity (Wildman–Crippen MR) is 144 cm³/mol. The molecule has 7 aliphatic rings. The number of carbonyl (C=O) groups excluding carboxylic acids is 2. The minimum atomic E-state index is -0.497. The lowest BCUT2D eigenvalue weighted by Crippen LogP contribution is -2.70. The Hall–Kier alpha value is -1.30. The highest BCUT2D eigenvalue weighted by Crippen LogP contribution is 2.54. The molecule has 2 N–H and O–H groups in total. The molecule has 14 atom stereocenters. The van der Waals surface area contributed by atoms with Crippen molar-refractivity contribution in [3.63, 3.8) is 0 Å². The summed E-state index contributed by atoms with van der Waals surface area (Å²) in [5.74, 6) is 1.29. The molecule has 7 rings (SSSR count). The molecular weight excluding hydrogens is 514 g/mol. The fourth-order valence-electron chi connectivity index (χ4n) is 9.94. The summed E-state index contributed by atoms with van der Waals surface area (Å²) in [6.45, 7) is 3.24. The van der Waals surface area contributed by atoms with Crippen LogP contribution in [0.15, 0.2) is 0 Å². The molecular formula is C30H47N3O7. The Bertz CT molecular complexity index is 968. The molecule has 4 saturated heterocycles. The van der Waals surface area contributed by atoms with Crippen LogP contribution in [-0.2, 0) is 33.3 Å². The van der Waals surface area contributed by atoms with Gasteiger partial charge in [-0.2, -0.15) is 0 Å². The minimum absolute atomic E-state index is 0.0321. The van der Waals surface area contributed by atoms with E-state index in [1.807, 2.05) is 6.92 Å². The van der Waals surface area contributed by atoms with Gasteiger partial charge in [-0.05, 0) is 89.0 Å². The van der Waals surface area contributed by atoms with Crippen molar-refractivity contribution in [2.75, 3.05) is 27.6 Å². The highest BCUT2D eigenvalue weighted by molar-refractivity contribution is 5.83.